The Morgan fingerprint density at radius 2 is 1.20 bits per heavy atom. The monoisotopic (exact) mass is 192 g/mol. The van der Waals surface area contributed by atoms with Gasteiger partial charge < -0.3 is 0 Å². The zero-order valence-electron chi connectivity index (χ0n) is 4.20. The van der Waals surface area contributed by atoms with Crippen molar-refractivity contribution in [3.05, 3.63) is 4.91 Å². The first-order chi connectivity index (χ1) is 4.52. The first-order valence-corrected chi connectivity index (χ1v) is 3.83. The minimum absolute atomic E-state index is 1.04. The topological polar surface area (TPSA) is 107 Å². The first kappa shape index (κ1) is 9.10. The van der Waals surface area contributed by atoms with Gasteiger partial charge in [0, 0.05) is 0 Å². The molecule has 0 radical (unpaired) electrons. The van der Waals surface area contributed by atoms with Gasteiger partial charge in [0.05, 0.1) is 0 Å². The molecule has 0 aliphatic rings. The summed E-state index contributed by atoms with van der Waals surface area (Å²) in [5, 5.41) is -1.04. The Bertz CT molecular complexity index is 215. The van der Waals surface area contributed by atoms with Crippen molar-refractivity contribution >= 4 is 22.0 Å². The summed E-state index contributed by atoms with van der Waals surface area (Å²) >= 11 is 0. The zero-order valence-corrected chi connectivity index (χ0v) is 5.99. The summed E-state index contributed by atoms with van der Waals surface area (Å²) in [5.41, 5.74) is 0. The van der Waals surface area contributed by atoms with Gasteiger partial charge in [0.1, 0.15) is 4.91 Å². The second kappa shape index (κ2) is 4.00. The molecule has 60 valence electrons. The van der Waals surface area contributed by atoms with Crippen LogP contribution >= 0.6 is 0 Å². The van der Waals surface area contributed by atoms with Gasteiger partial charge >= 0.3 is 27.1 Å². The molecule has 10 heteroatoms. The smallest absolute Gasteiger partial charge is 0.184 e. The number of hydrogen-bond donors (Lipinski definition) is 2. The molecule has 8 nitrogen and oxygen atoms in total. The van der Waals surface area contributed by atoms with Gasteiger partial charge in [0.15, 0.2) is 0 Å². The molecule has 10 heavy (non-hydrogen) atoms. The Morgan fingerprint density at radius 1 is 0.900 bits per heavy atom. The van der Waals surface area contributed by atoms with Gasteiger partial charge in [0.25, 0.3) is 0 Å². The lowest BCUT2D eigenvalue weighted by Gasteiger charge is -1.74. The average molecular weight is 192 g/mol. The fourth-order valence-electron chi connectivity index (χ4n) is 0.124. The Hall–Kier alpha value is -0.900. The highest BCUT2D eigenvalue weighted by Gasteiger charge is 2.15. The van der Waals surface area contributed by atoms with E-state index in [0.29, 0.717) is 0 Å². The van der Waals surface area contributed by atoms with Crippen molar-refractivity contribution in [1.29, 1.82) is 0 Å². The molecule has 0 unspecified atom stereocenters. The van der Waals surface area contributed by atoms with E-state index in [0.717, 1.165) is 0 Å². The predicted molar refractivity (Wildman–Crippen MR) is 26.4 cm³/mol. The molecule has 0 aliphatic heterocycles. The molecular weight excluding hydrogens is 190 g/mol. The summed E-state index contributed by atoms with van der Waals surface area (Å²) in [4.78, 5) is 9.77. The third-order valence-corrected chi connectivity index (χ3v) is 0.800. The van der Waals surface area contributed by atoms with Gasteiger partial charge in [-0.25, -0.2) is 0 Å². The van der Waals surface area contributed by atoms with Gasteiger partial charge in [-0.3, -0.25) is 0 Å². The van der Waals surface area contributed by atoms with Gasteiger partial charge in [0.2, 0.25) is 0 Å². The van der Waals surface area contributed by atoms with Crippen LogP contribution in [0.2, 0.25) is 0 Å². The zero-order chi connectivity index (χ0) is 8.15. The SMILES string of the molecule is O=[N+](O[SH](=O)=O)O[SH](=O)=O. The lowest BCUT2D eigenvalue weighted by atomic mass is 13.1. The van der Waals surface area contributed by atoms with Crippen LogP contribution in [0.1, 0.15) is 0 Å². The molecule has 0 bridgehead atoms. The molecule has 0 atom stereocenters. The van der Waals surface area contributed by atoms with Crippen LogP contribution in [0.3, 0.4) is 0 Å². The second-order valence-electron chi connectivity index (χ2n) is 0.834. The molecule has 0 aromatic rings. The molecule has 0 heterocycles. The van der Waals surface area contributed by atoms with Crippen LogP contribution in [-0.2, 0) is 30.5 Å². The number of rotatable bonds is 4. The Balaban J connectivity index is 3.88. The molecule has 0 saturated carbocycles. The highest BCUT2D eigenvalue weighted by molar-refractivity contribution is 7.67. The van der Waals surface area contributed by atoms with Crippen molar-refractivity contribution in [3.63, 3.8) is 0 Å². The van der Waals surface area contributed by atoms with Gasteiger partial charge in [-0.1, -0.05) is 8.57 Å². The maximum atomic E-state index is 9.77. The van der Waals surface area contributed by atoms with Crippen molar-refractivity contribution in [2.75, 3.05) is 0 Å². The molecule has 0 saturated heterocycles. The molecule has 0 spiro atoms. The van der Waals surface area contributed by atoms with Crippen LogP contribution in [-0.4, -0.2) is 21.9 Å². The highest BCUT2D eigenvalue weighted by atomic mass is 32.2. The molecular formula is H2NO7S2+. The van der Waals surface area contributed by atoms with Crippen molar-refractivity contribution < 1.29 is 30.5 Å². The maximum absolute atomic E-state index is 9.77. The van der Waals surface area contributed by atoms with Gasteiger partial charge in [-0.2, -0.15) is 16.8 Å². The maximum Gasteiger partial charge on any atom is 0.512 e. The molecule has 0 aromatic carbocycles. The standard InChI is InChI=1S/H2NO7S2/c2-1(7-9(3)4)8-10(5)6/h9-10H/q+1. The normalized spacial score (nSPS) is 9.80. The minimum Gasteiger partial charge on any atom is -0.184 e. The number of hydrogen-bond acceptors (Lipinski definition) is 7. The first-order valence-electron chi connectivity index (χ1n) is 1.64. The third-order valence-electron chi connectivity index (χ3n) is 0.267. The van der Waals surface area contributed by atoms with E-state index in [1.807, 2.05) is 0 Å². The number of thiol groups is 2. The van der Waals surface area contributed by atoms with Crippen LogP contribution < -0.4 is 0 Å². The Kier molecular flexibility index (Phi) is 3.64. The molecule has 0 aliphatic carbocycles. The van der Waals surface area contributed by atoms with E-state index in [2.05, 4.69) is 8.57 Å². The molecule has 0 aromatic heterocycles. The largest absolute Gasteiger partial charge is 0.512 e. The Labute approximate surface area is 58.1 Å². The van der Waals surface area contributed by atoms with Crippen LogP contribution in [0.25, 0.3) is 0 Å². The summed E-state index contributed by atoms with van der Waals surface area (Å²) in [5.74, 6) is 0. The van der Waals surface area contributed by atoms with E-state index in [4.69, 9.17) is 0 Å². The lowest BCUT2D eigenvalue weighted by molar-refractivity contribution is -0.921. The number of nitrogens with zero attached hydrogens (tertiary/aromatic N) is 1. The summed E-state index contributed by atoms with van der Waals surface area (Å²) in [6.45, 7) is 0. The van der Waals surface area contributed by atoms with Crippen LogP contribution in [0.5, 0.6) is 0 Å². The van der Waals surface area contributed by atoms with Crippen LogP contribution in [0, 0.1) is 4.91 Å². The van der Waals surface area contributed by atoms with E-state index in [1.54, 1.807) is 0 Å². The van der Waals surface area contributed by atoms with Gasteiger partial charge in [-0.05, 0) is 0 Å². The van der Waals surface area contributed by atoms with Crippen molar-refractivity contribution in [1.82, 2.24) is 0 Å². The molecule has 0 rings (SSSR count). The molecule has 0 amide bonds. The van der Waals surface area contributed by atoms with E-state index in [9.17, 15) is 21.7 Å². The van der Waals surface area contributed by atoms with E-state index in [1.165, 1.54) is 0 Å². The van der Waals surface area contributed by atoms with E-state index >= 15 is 0 Å². The molecule has 0 N–H and O–H groups in total. The predicted octanol–water partition coefficient (Wildman–Crippen LogP) is -2.32. The second-order valence-corrected chi connectivity index (χ2v) is 2.06. The third kappa shape index (κ3) is 5.24. The van der Waals surface area contributed by atoms with Crippen molar-refractivity contribution in [2.24, 2.45) is 0 Å². The Morgan fingerprint density at radius 3 is 1.40 bits per heavy atom. The van der Waals surface area contributed by atoms with Crippen LogP contribution in [0.15, 0.2) is 0 Å². The summed E-state index contributed by atoms with van der Waals surface area (Å²) < 4.78 is 44.3. The van der Waals surface area contributed by atoms with Crippen molar-refractivity contribution in [2.45, 2.75) is 0 Å². The minimum atomic E-state index is -3.45. The fraction of sp³-hybridized carbons (Fsp3) is 0. The van der Waals surface area contributed by atoms with E-state index < -0.39 is 27.1 Å². The van der Waals surface area contributed by atoms with Crippen molar-refractivity contribution in [3.8, 4) is 0 Å². The fourth-order valence-corrected chi connectivity index (χ4v) is 0.461. The van der Waals surface area contributed by atoms with Crippen LogP contribution in [0.4, 0.5) is 0 Å². The van der Waals surface area contributed by atoms with Gasteiger partial charge in [-0.15, -0.1) is 0 Å². The lowest BCUT2D eigenvalue weighted by Crippen LogP contribution is -2.07. The molecule has 0 fully saturated rings. The summed E-state index contributed by atoms with van der Waals surface area (Å²) in [6, 6.07) is 0. The highest BCUT2D eigenvalue weighted by Crippen LogP contribution is 1.79. The summed E-state index contributed by atoms with van der Waals surface area (Å²) in [7, 11) is -6.90. The van der Waals surface area contributed by atoms with E-state index in [-0.39, 0.29) is 0 Å². The quantitative estimate of drug-likeness (QED) is 0.380. The summed E-state index contributed by atoms with van der Waals surface area (Å²) in [6.07, 6.45) is 0. The average Bonchev–Trinajstić information content (AvgIpc) is 1.58.